The Hall–Kier alpha value is -3.67. The first kappa shape index (κ1) is 67.3. The third-order valence-electron chi connectivity index (χ3n) is 12.5. The van der Waals surface area contributed by atoms with Crippen LogP contribution in [0.1, 0.15) is 278 Å². The molecule has 1 atom stereocenters. The van der Waals surface area contributed by atoms with Gasteiger partial charge in [0, 0.05) is 19.3 Å². The zero-order valence-corrected chi connectivity index (χ0v) is 46.5. The lowest BCUT2D eigenvalue weighted by Gasteiger charge is -2.18. The highest BCUT2D eigenvalue weighted by molar-refractivity contribution is 5.71. The van der Waals surface area contributed by atoms with Crippen LogP contribution in [0.15, 0.2) is 97.2 Å². The van der Waals surface area contributed by atoms with E-state index in [0.717, 1.165) is 109 Å². The van der Waals surface area contributed by atoms with Gasteiger partial charge in [-0.25, -0.2) is 0 Å². The number of rotatable bonds is 53. The molecule has 0 fully saturated rings. The van der Waals surface area contributed by atoms with Crippen molar-refractivity contribution in [1.29, 1.82) is 0 Å². The fourth-order valence-electron chi connectivity index (χ4n) is 8.08. The average molecular weight is 988 g/mol. The van der Waals surface area contributed by atoms with E-state index in [1.807, 2.05) is 0 Å². The van der Waals surface area contributed by atoms with E-state index >= 15 is 0 Å². The fraction of sp³-hybridized carbons (Fsp3) is 0.708. The molecule has 71 heavy (non-hydrogen) atoms. The quantitative estimate of drug-likeness (QED) is 0.0261. The number of ether oxygens (including phenoxy) is 3. The lowest BCUT2D eigenvalue weighted by molar-refractivity contribution is -0.167. The lowest BCUT2D eigenvalue weighted by atomic mass is 10.1. The van der Waals surface area contributed by atoms with Crippen molar-refractivity contribution in [1.82, 2.24) is 0 Å². The molecule has 0 bridgehead atoms. The van der Waals surface area contributed by atoms with Gasteiger partial charge in [-0.05, 0) is 122 Å². The van der Waals surface area contributed by atoms with Crippen molar-refractivity contribution in [3.63, 3.8) is 0 Å². The van der Waals surface area contributed by atoms with Gasteiger partial charge in [0.25, 0.3) is 0 Å². The molecule has 0 aromatic carbocycles. The van der Waals surface area contributed by atoms with Crippen LogP contribution in [0.2, 0.25) is 0 Å². The van der Waals surface area contributed by atoms with Crippen LogP contribution in [0.5, 0.6) is 0 Å². The summed E-state index contributed by atoms with van der Waals surface area (Å²) >= 11 is 0. The first-order chi connectivity index (χ1) is 35.0. The zero-order chi connectivity index (χ0) is 51.4. The van der Waals surface area contributed by atoms with Crippen molar-refractivity contribution in [2.45, 2.75) is 284 Å². The summed E-state index contributed by atoms with van der Waals surface area (Å²) in [6.45, 7) is 6.47. The van der Waals surface area contributed by atoms with Crippen molar-refractivity contribution < 1.29 is 28.6 Å². The van der Waals surface area contributed by atoms with Gasteiger partial charge < -0.3 is 14.2 Å². The summed E-state index contributed by atoms with van der Waals surface area (Å²) in [7, 11) is 0. The van der Waals surface area contributed by atoms with Gasteiger partial charge in [0.05, 0.1) is 0 Å². The highest BCUT2D eigenvalue weighted by Crippen LogP contribution is 2.15. The number of unbranched alkanes of at least 4 members (excludes halogenated alkanes) is 26. The van der Waals surface area contributed by atoms with Crippen LogP contribution in [-0.2, 0) is 28.6 Å². The van der Waals surface area contributed by atoms with Gasteiger partial charge >= 0.3 is 17.9 Å². The predicted octanol–water partition coefficient (Wildman–Crippen LogP) is 20.1. The molecule has 0 aromatic heterocycles. The van der Waals surface area contributed by atoms with Crippen LogP contribution in [0.3, 0.4) is 0 Å². The van der Waals surface area contributed by atoms with Gasteiger partial charge in [-0.2, -0.15) is 0 Å². The van der Waals surface area contributed by atoms with E-state index in [1.54, 1.807) is 0 Å². The number of hydrogen-bond acceptors (Lipinski definition) is 6. The minimum absolute atomic E-state index is 0.0959. The Labute approximate surface area is 438 Å². The highest BCUT2D eigenvalue weighted by atomic mass is 16.6. The molecule has 0 N–H and O–H groups in total. The average Bonchev–Trinajstić information content (AvgIpc) is 3.37. The van der Waals surface area contributed by atoms with E-state index in [0.29, 0.717) is 12.8 Å². The van der Waals surface area contributed by atoms with Gasteiger partial charge in [0.1, 0.15) is 13.2 Å². The number of allylic oxidation sites excluding steroid dienone is 16. The second-order valence-corrected chi connectivity index (χ2v) is 19.5. The van der Waals surface area contributed by atoms with E-state index < -0.39 is 6.10 Å². The molecule has 6 nitrogen and oxygen atoms in total. The van der Waals surface area contributed by atoms with Gasteiger partial charge in [-0.15, -0.1) is 0 Å². The zero-order valence-electron chi connectivity index (χ0n) is 46.5. The van der Waals surface area contributed by atoms with Crippen molar-refractivity contribution >= 4 is 17.9 Å². The Morgan fingerprint density at radius 2 is 0.549 bits per heavy atom. The van der Waals surface area contributed by atoms with E-state index in [9.17, 15) is 14.4 Å². The Morgan fingerprint density at radius 3 is 0.915 bits per heavy atom. The number of carbonyl (C=O) groups is 3. The SMILES string of the molecule is CC/C=C\C/C=C\C/C=C\C/C=C\C/C=C\CCCCCC(=O)O[C@@H](COC(=O)CCCCCCC/C=C\CCCCCCCC)COC(=O)CCCCCCCCCCC/C=C\C/C=C\CCCCC. The smallest absolute Gasteiger partial charge is 0.306 e. The van der Waals surface area contributed by atoms with E-state index in [-0.39, 0.29) is 37.5 Å². The van der Waals surface area contributed by atoms with Crippen molar-refractivity contribution in [2.24, 2.45) is 0 Å². The number of hydrogen-bond donors (Lipinski definition) is 0. The number of carbonyl (C=O) groups excluding carboxylic acids is 3. The maximum atomic E-state index is 12.9. The third kappa shape index (κ3) is 57.1. The van der Waals surface area contributed by atoms with Crippen LogP contribution in [-0.4, -0.2) is 37.2 Å². The Balaban J connectivity index is 4.46. The molecule has 0 unspecified atom stereocenters. The maximum absolute atomic E-state index is 12.9. The summed E-state index contributed by atoms with van der Waals surface area (Å²) in [5, 5.41) is 0. The summed E-state index contributed by atoms with van der Waals surface area (Å²) in [4.78, 5) is 38.2. The van der Waals surface area contributed by atoms with Crippen LogP contribution < -0.4 is 0 Å². The molecule has 0 radical (unpaired) electrons. The van der Waals surface area contributed by atoms with E-state index in [4.69, 9.17) is 14.2 Å². The van der Waals surface area contributed by atoms with Crippen LogP contribution in [0, 0.1) is 0 Å². The molecule has 0 saturated carbocycles. The standard InChI is InChI=1S/C65H110O6/c1-4-7-10-13-16-19-22-25-28-30-32-34-37-40-43-46-49-52-55-58-64(67)70-61-62(60-69-63(66)57-54-51-48-45-42-39-36-27-24-21-18-15-12-9-6-3)71-65(68)59-56-53-50-47-44-41-38-35-33-31-29-26-23-20-17-14-11-8-5-2/h8,11,16-17,19-20,25-29,33,35-36,41,44,62H,4-7,9-10,12-15,18,21-24,30-32,34,37-40,42-43,45-61H2,1-3H3/b11-8-,19-16-,20-17-,28-25-,29-26-,35-33-,36-27-,44-41-/t62-/m0/s1. The van der Waals surface area contributed by atoms with E-state index in [2.05, 4.69) is 118 Å². The molecule has 0 saturated heterocycles. The molecule has 0 heterocycles. The summed E-state index contributed by atoms with van der Waals surface area (Å²) in [5.41, 5.74) is 0. The molecule has 0 aromatic rings. The summed E-state index contributed by atoms with van der Waals surface area (Å²) < 4.78 is 16.9. The minimum Gasteiger partial charge on any atom is -0.462 e. The minimum atomic E-state index is -0.802. The largest absolute Gasteiger partial charge is 0.462 e. The Kier molecular flexibility index (Phi) is 55.9. The predicted molar refractivity (Wildman–Crippen MR) is 307 cm³/mol. The monoisotopic (exact) mass is 987 g/mol. The van der Waals surface area contributed by atoms with Crippen LogP contribution in [0.4, 0.5) is 0 Å². The molecule has 0 aliphatic rings. The first-order valence-corrected chi connectivity index (χ1v) is 29.7. The molecular formula is C65H110O6. The fourth-order valence-corrected chi connectivity index (χ4v) is 8.08. The molecule has 406 valence electrons. The number of esters is 3. The molecular weight excluding hydrogens is 877 g/mol. The van der Waals surface area contributed by atoms with Gasteiger partial charge in [0.15, 0.2) is 6.10 Å². The third-order valence-corrected chi connectivity index (χ3v) is 12.5. The second-order valence-electron chi connectivity index (χ2n) is 19.5. The van der Waals surface area contributed by atoms with Gasteiger partial charge in [0.2, 0.25) is 0 Å². The first-order valence-electron chi connectivity index (χ1n) is 29.7. The van der Waals surface area contributed by atoms with Crippen molar-refractivity contribution in [3.05, 3.63) is 97.2 Å². The Morgan fingerprint density at radius 1 is 0.296 bits per heavy atom. The Bertz CT molecular complexity index is 1410. The van der Waals surface area contributed by atoms with Crippen LogP contribution in [0.25, 0.3) is 0 Å². The molecule has 0 aliphatic heterocycles. The lowest BCUT2D eigenvalue weighted by Crippen LogP contribution is -2.30. The maximum Gasteiger partial charge on any atom is 0.306 e. The normalized spacial score (nSPS) is 12.8. The summed E-state index contributed by atoms with van der Waals surface area (Å²) in [5.74, 6) is -0.936. The molecule has 0 rings (SSSR count). The van der Waals surface area contributed by atoms with Crippen molar-refractivity contribution in [2.75, 3.05) is 13.2 Å². The molecule has 0 spiro atoms. The van der Waals surface area contributed by atoms with Crippen molar-refractivity contribution in [3.8, 4) is 0 Å². The van der Waals surface area contributed by atoms with Gasteiger partial charge in [-0.3, -0.25) is 14.4 Å². The van der Waals surface area contributed by atoms with Gasteiger partial charge in [-0.1, -0.05) is 234 Å². The molecule has 0 amide bonds. The summed E-state index contributed by atoms with van der Waals surface area (Å²) in [6, 6.07) is 0. The second kappa shape index (κ2) is 58.9. The topological polar surface area (TPSA) is 78.9 Å². The van der Waals surface area contributed by atoms with E-state index in [1.165, 1.54) is 128 Å². The summed E-state index contributed by atoms with van der Waals surface area (Å²) in [6.07, 6.45) is 78.2. The molecule has 6 heteroatoms. The van der Waals surface area contributed by atoms with Crippen LogP contribution >= 0.6 is 0 Å². The molecule has 0 aliphatic carbocycles. The highest BCUT2D eigenvalue weighted by Gasteiger charge is 2.19.